The number of anilines is 2. The lowest BCUT2D eigenvalue weighted by atomic mass is 9.89. The van der Waals surface area contributed by atoms with Crippen LogP contribution in [-0.4, -0.2) is 21.6 Å². The molecule has 0 spiro atoms. The lowest BCUT2D eigenvalue weighted by molar-refractivity contribution is -0.123. The third-order valence-corrected chi connectivity index (χ3v) is 5.30. The van der Waals surface area contributed by atoms with Gasteiger partial charge in [0.05, 0.1) is 11.6 Å². The molecule has 1 aromatic heterocycles. The second kappa shape index (κ2) is 5.62. The van der Waals surface area contributed by atoms with Gasteiger partial charge in [-0.15, -0.1) is 0 Å². The van der Waals surface area contributed by atoms with Crippen LogP contribution in [-0.2, 0) is 28.1 Å². The Morgan fingerprint density at radius 3 is 3.12 bits per heavy atom. The Bertz CT molecular complexity index is 864. The highest BCUT2D eigenvalue weighted by molar-refractivity contribution is 7.98. The normalized spacial score (nSPS) is 18.8. The van der Waals surface area contributed by atoms with Crippen LogP contribution in [0.15, 0.2) is 18.2 Å². The number of thioether (sulfide) groups is 1. The van der Waals surface area contributed by atoms with Crippen molar-refractivity contribution in [3.8, 4) is 0 Å². The Morgan fingerprint density at radius 1 is 1.46 bits per heavy atom. The maximum atomic E-state index is 13.4. The van der Waals surface area contributed by atoms with Gasteiger partial charge in [0.25, 0.3) is 0 Å². The predicted molar refractivity (Wildman–Crippen MR) is 89.2 cm³/mol. The number of benzene rings is 1. The Kier molecular flexibility index (Phi) is 3.56. The average molecular weight is 346 g/mol. The van der Waals surface area contributed by atoms with Crippen LogP contribution in [0.4, 0.5) is 15.9 Å². The number of hydrogen-bond acceptors (Lipinski definition) is 4. The van der Waals surface area contributed by atoms with E-state index in [1.807, 2.05) is 0 Å². The van der Waals surface area contributed by atoms with Gasteiger partial charge in [-0.3, -0.25) is 14.3 Å². The van der Waals surface area contributed by atoms with Crippen molar-refractivity contribution >= 4 is 35.1 Å². The second-order valence-electron chi connectivity index (χ2n) is 5.92. The SMILES string of the molecule is Cn1nc2c(c1NC(=O)C1CC(=O)Nc3cc(F)ccc31)CSC2. The summed E-state index contributed by atoms with van der Waals surface area (Å²) in [7, 11) is 1.79. The lowest BCUT2D eigenvalue weighted by Gasteiger charge is -2.25. The maximum Gasteiger partial charge on any atom is 0.233 e. The summed E-state index contributed by atoms with van der Waals surface area (Å²) in [5.41, 5.74) is 3.01. The van der Waals surface area contributed by atoms with Crippen molar-refractivity contribution in [3.05, 3.63) is 40.8 Å². The van der Waals surface area contributed by atoms with Gasteiger partial charge in [-0.1, -0.05) is 6.07 Å². The van der Waals surface area contributed by atoms with E-state index in [2.05, 4.69) is 15.7 Å². The number of carbonyl (C=O) groups excluding carboxylic acids is 2. The van der Waals surface area contributed by atoms with Crippen molar-refractivity contribution in [2.75, 3.05) is 10.6 Å². The van der Waals surface area contributed by atoms with Gasteiger partial charge in [0, 0.05) is 36.2 Å². The summed E-state index contributed by atoms with van der Waals surface area (Å²) in [6.45, 7) is 0. The molecule has 1 unspecified atom stereocenters. The molecule has 0 saturated heterocycles. The van der Waals surface area contributed by atoms with Crippen LogP contribution in [0.2, 0.25) is 0 Å². The standard InChI is InChI=1S/C16H15FN4O2S/c1-21-15(11-6-24-7-13(11)20-21)19-16(23)10-5-14(22)18-12-4-8(17)2-3-9(10)12/h2-4,10H,5-7H2,1H3,(H,18,22)(H,19,23). The first kappa shape index (κ1) is 15.2. The molecule has 0 radical (unpaired) electrons. The fourth-order valence-corrected chi connectivity index (χ4v) is 4.21. The molecular weight excluding hydrogens is 331 g/mol. The summed E-state index contributed by atoms with van der Waals surface area (Å²) in [6.07, 6.45) is 0.0409. The number of aromatic nitrogens is 2. The highest BCUT2D eigenvalue weighted by atomic mass is 32.2. The van der Waals surface area contributed by atoms with Gasteiger partial charge in [-0.25, -0.2) is 4.39 Å². The van der Waals surface area contributed by atoms with E-state index in [0.29, 0.717) is 17.1 Å². The molecule has 4 rings (SSSR count). The molecule has 1 atom stereocenters. The molecule has 2 N–H and O–H groups in total. The highest BCUT2D eigenvalue weighted by Gasteiger charge is 2.32. The predicted octanol–water partition coefficient (Wildman–Crippen LogP) is 2.37. The zero-order valence-corrected chi connectivity index (χ0v) is 13.7. The fraction of sp³-hybridized carbons (Fsp3) is 0.312. The molecule has 0 saturated carbocycles. The minimum Gasteiger partial charge on any atom is -0.326 e. The Labute approximate surface area is 141 Å². The number of rotatable bonds is 2. The lowest BCUT2D eigenvalue weighted by Crippen LogP contribution is -2.31. The number of fused-ring (bicyclic) bond motifs is 2. The highest BCUT2D eigenvalue weighted by Crippen LogP contribution is 2.37. The topological polar surface area (TPSA) is 76.0 Å². The number of carbonyl (C=O) groups is 2. The first-order valence-electron chi connectivity index (χ1n) is 7.55. The van der Waals surface area contributed by atoms with Gasteiger partial charge in [0.1, 0.15) is 11.6 Å². The quantitative estimate of drug-likeness (QED) is 0.875. The number of amides is 2. The van der Waals surface area contributed by atoms with E-state index >= 15 is 0 Å². The second-order valence-corrected chi connectivity index (χ2v) is 6.90. The molecule has 2 aromatic rings. The summed E-state index contributed by atoms with van der Waals surface area (Å²) in [5.74, 6) is 0.665. The zero-order chi connectivity index (χ0) is 16.8. The number of hydrogen-bond donors (Lipinski definition) is 2. The number of aryl methyl sites for hydroxylation is 1. The Balaban J connectivity index is 1.65. The molecule has 2 aliphatic rings. The molecule has 8 heteroatoms. The van der Waals surface area contributed by atoms with E-state index < -0.39 is 11.7 Å². The minimum atomic E-state index is -0.644. The largest absolute Gasteiger partial charge is 0.326 e. The third kappa shape index (κ3) is 2.47. The molecule has 2 aliphatic heterocycles. The fourth-order valence-electron chi connectivity index (χ4n) is 3.17. The number of nitrogens with one attached hydrogen (secondary N) is 2. The minimum absolute atomic E-state index is 0.0409. The van der Waals surface area contributed by atoms with E-state index in [0.717, 1.165) is 22.8 Å². The monoisotopic (exact) mass is 346 g/mol. The summed E-state index contributed by atoms with van der Waals surface area (Å²) < 4.78 is 15.1. The van der Waals surface area contributed by atoms with Gasteiger partial charge in [0.15, 0.2) is 0 Å². The molecule has 0 fully saturated rings. The van der Waals surface area contributed by atoms with Crippen molar-refractivity contribution in [2.45, 2.75) is 23.8 Å². The number of nitrogens with zero attached hydrogens (tertiary/aromatic N) is 2. The van der Waals surface area contributed by atoms with E-state index in [4.69, 9.17) is 0 Å². The van der Waals surface area contributed by atoms with Gasteiger partial charge < -0.3 is 10.6 Å². The molecule has 0 aliphatic carbocycles. The Morgan fingerprint density at radius 2 is 2.29 bits per heavy atom. The van der Waals surface area contributed by atoms with Crippen LogP contribution in [0.5, 0.6) is 0 Å². The van der Waals surface area contributed by atoms with Crippen molar-refractivity contribution in [2.24, 2.45) is 7.05 Å². The van der Waals surface area contributed by atoms with E-state index in [-0.39, 0.29) is 18.2 Å². The summed E-state index contributed by atoms with van der Waals surface area (Å²) in [5, 5.41) is 9.94. The van der Waals surface area contributed by atoms with Crippen LogP contribution in [0.1, 0.15) is 29.2 Å². The van der Waals surface area contributed by atoms with Crippen molar-refractivity contribution in [1.29, 1.82) is 0 Å². The van der Waals surface area contributed by atoms with E-state index in [9.17, 15) is 14.0 Å². The van der Waals surface area contributed by atoms with Gasteiger partial charge in [0.2, 0.25) is 11.8 Å². The summed E-state index contributed by atoms with van der Waals surface area (Å²) >= 11 is 1.75. The summed E-state index contributed by atoms with van der Waals surface area (Å²) in [6, 6.07) is 4.10. The molecule has 2 amide bonds. The van der Waals surface area contributed by atoms with Crippen LogP contribution in [0.25, 0.3) is 0 Å². The maximum absolute atomic E-state index is 13.4. The Hall–Kier alpha value is -2.35. The number of halogens is 1. The molecule has 6 nitrogen and oxygen atoms in total. The van der Waals surface area contributed by atoms with Crippen molar-refractivity contribution in [1.82, 2.24) is 9.78 Å². The van der Waals surface area contributed by atoms with E-state index in [1.54, 1.807) is 29.6 Å². The molecule has 1 aromatic carbocycles. The molecule has 24 heavy (non-hydrogen) atoms. The molecular formula is C16H15FN4O2S. The van der Waals surface area contributed by atoms with Gasteiger partial charge >= 0.3 is 0 Å². The van der Waals surface area contributed by atoms with Crippen LogP contribution in [0, 0.1) is 5.82 Å². The van der Waals surface area contributed by atoms with Crippen molar-refractivity contribution < 1.29 is 14.0 Å². The third-order valence-electron chi connectivity index (χ3n) is 4.33. The molecule has 124 valence electrons. The van der Waals surface area contributed by atoms with Crippen LogP contribution >= 0.6 is 11.8 Å². The van der Waals surface area contributed by atoms with Crippen LogP contribution < -0.4 is 10.6 Å². The molecule has 3 heterocycles. The average Bonchev–Trinajstić information content (AvgIpc) is 3.08. The van der Waals surface area contributed by atoms with Gasteiger partial charge in [-0.2, -0.15) is 16.9 Å². The van der Waals surface area contributed by atoms with E-state index in [1.165, 1.54) is 12.1 Å². The first-order chi connectivity index (χ1) is 11.5. The summed E-state index contributed by atoms with van der Waals surface area (Å²) in [4.78, 5) is 24.7. The first-order valence-corrected chi connectivity index (χ1v) is 8.71. The van der Waals surface area contributed by atoms with Crippen LogP contribution in [0.3, 0.4) is 0 Å². The zero-order valence-electron chi connectivity index (χ0n) is 12.9. The van der Waals surface area contributed by atoms with Gasteiger partial charge in [-0.05, 0) is 17.7 Å². The van der Waals surface area contributed by atoms with Crippen molar-refractivity contribution in [3.63, 3.8) is 0 Å². The molecule has 0 bridgehead atoms. The smallest absolute Gasteiger partial charge is 0.233 e.